The monoisotopic (exact) mass is 795 g/mol. The minimum Gasteiger partial charge on any atom is -0.463 e. The van der Waals surface area contributed by atoms with Crippen LogP contribution in [0.4, 0.5) is 0 Å². The average molecular weight is 795 g/mol. The van der Waals surface area contributed by atoms with Gasteiger partial charge in [-0.3, -0.25) is 19.1 Å². The predicted octanol–water partition coefficient (Wildman–Crippen LogP) is 5.23. The van der Waals surface area contributed by atoms with Gasteiger partial charge >= 0.3 is 17.9 Å². The summed E-state index contributed by atoms with van der Waals surface area (Å²) < 4.78 is 29.6. The van der Waals surface area contributed by atoms with Crippen LogP contribution in [-0.4, -0.2) is 134 Å². The highest BCUT2D eigenvalue weighted by atomic mass is 16.7. The van der Waals surface area contributed by atoms with Crippen LogP contribution in [0.5, 0.6) is 0 Å². The van der Waals surface area contributed by atoms with E-state index >= 15 is 0 Å². The Morgan fingerprint density at radius 3 is 2.30 bits per heavy atom. The van der Waals surface area contributed by atoms with Gasteiger partial charge in [-0.25, -0.2) is 0 Å². The molecule has 2 heterocycles. The summed E-state index contributed by atoms with van der Waals surface area (Å²) in [5.41, 5.74) is 0.658. The van der Waals surface area contributed by atoms with E-state index in [0.29, 0.717) is 44.7 Å². The summed E-state index contributed by atoms with van der Waals surface area (Å²) in [5, 5.41) is 11.8. The zero-order chi connectivity index (χ0) is 40.6. The lowest BCUT2D eigenvalue weighted by Crippen LogP contribution is -2.41. The Morgan fingerprint density at radius 1 is 0.875 bits per heavy atom. The lowest BCUT2D eigenvalue weighted by atomic mass is 10.1. The van der Waals surface area contributed by atoms with Gasteiger partial charge in [0.05, 0.1) is 25.3 Å². The summed E-state index contributed by atoms with van der Waals surface area (Å²) in [4.78, 5) is 50.7. The number of nitrogens with zero attached hydrogens (tertiary/aromatic N) is 5. The normalized spacial score (nSPS) is 17.0. The van der Waals surface area contributed by atoms with Crippen molar-refractivity contribution in [3.05, 3.63) is 11.9 Å². The van der Waals surface area contributed by atoms with Gasteiger partial charge in [0.15, 0.2) is 6.29 Å². The molecule has 1 fully saturated rings. The molecule has 1 saturated heterocycles. The van der Waals surface area contributed by atoms with Crippen molar-refractivity contribution in [1.82, 2.24) is 30.1 Å². The van der Waals surface area contributed by atoms with Crippen LogP contribution in [0.25, 0.3) is 0 Å². The fourth-order valence-electron chi connectivity index (χ4n) is 6.69. The molecule has 1 N–H and O–H groups in total. The van der Waals surface area contributed by atoms with E-state index in [1.165, 1.54) is 71.6 Å². The number of carbonyl (C=O) groups is 4. The van der Waals surface area contributed by atoms with Gasteiger partial charge in [-0.2, -0.15) is 0 Å². The van der Waals surface area contributed by atoms with Crippen molar-refractivity contribution in [2.24, 2.45) is 0 Å². The molecule has 0 aromatic carbocycles. The van der Waals surface area contributed by atoms with Gasteiger partial charge in [0.2, 0.25) is 0 Å². The van der Waals surface area contributed by atoms with Crippen molar-refractivity contribution in [2.75, 3.05) is 66.1 Å². The molecule has 15 heteroatoms. The molecule has 0 saturated carbocycles. The third-order valence-electron chi connectivity index (χ3n) is 9.74. The first kappa shape index (κ1) is 49.2. The van der Waals surface area contributed by atoms with Crippen molar-refractivity contribution in [1.29, 1.82) is 0 Å². The van der Waals surface area contributed by atoms with E-state index in [0.717, 1.165) is 71.2 Å². The highest BCUT2D eigenvalue weighted by Crippen LogP contribution is 2.24. The number of aromatic nitrogens is 3. The Labute approximate surface area is 336 Å². The molecule has 0 radical (unpaired) electrons. The van der Waals surface area contributed by atoms with Crippen LogP contribution in [0.1, 0.15) is 136 Å². The maximum Gasteiger partial charge on any atom is 0.307 e. The Balaban J connectivity index is 1.51. The SMILES string of the molecule is CCCCCCCCCCCCn1cc(COC(=O)CCN(CCC=O)CCCN(C)CCCNCCCOC2CC(OC(C)=O)CC(COC(C)=O)O2)nn1. The number of esters is 3. The number of carbonyl (C=O) groups excluding carboxylic acids is 4. The number of ether oxygens (including phenoxy) is 5. The summed E-state index contributed by atoms with van der Waals surface area (Å²) in [6.45, 7) is 12.0. The van der Waals surface area contributed by atoms with Gasteiger partial charge in [0.1, 0.15) is 31.3 Å². The van der Waals surface area contributed by atoms with Gasteiger partial charge in [0, 0.05) is 52.7 Å². The molecule has 1 aliphatic rings. The van der Waals surface area contributed by atoms with Crippen LogP contribution >= 0.6 is 0 Å². The standard InChI is InChI=1S/C41H74N6O9/c1-5-6-7-8-9-10-11-12-13-14-26-47-32-37(43-44-47)33-54-40(51)19-27-46(25-18-28-48)24-17-23-45(4)22-15-20-42-21-16-29-52-41-31-38(55-36(3)50)30-39(56-41)34-53-35(2)49/h28,32,38-39,41-42H,5-27,29-31,33-34H2,1-4H3. The van der Waals surface area contributed by atoms with E-state index in [1.54, 1.807) is 0 Å². The molecular weight excluding hydrogens is 720 g/mol. The molecule has 2 rings (SSSR count). The van der Waals surface area contributed by atoms with E-state index in [-0.39, 0.29) is 49.8 Å². The first-order valence-corrected chi connectivity index (χ1v) is 21.4. The molecular formula is C41H74N6O9. The van der Waals surface area contributed by atoms with Crippen LogP contribution in [0, 0.1) is 0 Å². The van der Waals surface area contributed by atoms with E-state index in [9.17, 15) is 19.2 Å². The van der Waals surface area contributed by atoms with E-state index in [4.69, 9.17) is 23.7 Å². The third-order valence-corrected chi connectivity index (χ3v) is 9.74. The number of nitrogens with one attached hydrogen (secondary N) is 1. The molecule has 1 aliphatic heterocycles. The summed E-state index contributed by atoms with van der Waals surface area (Å²) in [6.07, 6.45) is 18.8. The maximum atomic E-state index is 12.5. The summed E-state index contributed by atoms with van der Waals surface area (Å²) >= 11 is 0. The quantitative estimate of drug-likeness (QED) is 0.0411. The number of hydrogen-bond donors (Lipinski definition) is 1. The van der Waals surface area contributed by atoms with Crippen LogP contribution < -0.4 is 5.32 Å². The Hall–Kier alpha value is -2.98. The molecule has 56 heavy (non-hydrogen) atoms. The van der Waals surface area contributed by atoms with E-state index in [1.807, 2.05) is 10.9 Å². The molecule has 0 bridgehead atoms. The highest BCUT2D eigenvalue weighted by Gasteiger charge is 2.32. The number of aryl methyl sites for hydroxylation is 1. The predicted molar refractivity (Wildman–Crippen MR) is 214 cm³/mol. The van der Waals surface area contributed by atoms with Crippen molar-refractivity contribution in [2.45, 2.75) is 162 Å². The minimum atomic E-state index is -0.520. The third kappa shape index (κ3) is 26.0. The second kappa shape index (κ2) is 32.0. The average Bonchev–Trinajstić information content (AvgIpc) is 3.63. The van der Waals surface area contributed by atoms with Gasteiger partial charge in [-0.05, 0) is 65.5 Å². The number of hydrogen-bond acceptors (Lipinski definition) is 14. The number of rotatable bonds is 35. The van der Waals surface area contributed by atoms with Crippen LogP contribution in [-0.2, 0) is 56.0 Å². The fraction of sp³-hybridized carbons (Fsp3) is 0.854. The lowest BCUT2D eigenvalue weighted by molar-refractivity contribution is -0.229. The zero-order valence-corrected chi connectivity index (χ0v) is 35.1. The van der Waals surface area contributed by atoms with Crippen molar-refractivity contribution >= 4 is 24.2 Å². The highest BCUT2D eigenvalue weighted by molar-refractivity contribution is 5.69. The van der Waals surface area contributed by atoms with Gasteiger partial charge in [-0.15, -0.1) is 5.10 Å². The Kier molecular flexibility index (Phi) is 28.1. The second-order valence-corrected chi connectivity index (χ2v) is 15.0. The fourth-order valence-corrected chi connectivity index (χ4v) is 6.69. The zero-order valence-electron chi connectivity index (χ0n) is 35.1. The smallest absolute Gasteiger partial charge is 0.307 e. The lowest BCUT2D eigenvalue weighted by Gasteiger charge is -2.34. The molecule has 0 amide bonds. The Morgan fingerprint density at radius 2 is 1.59 bits per heavy atom. The van der Waals surface area contributed by atoms with Crippen molar-refractivity contribution in [3.8, 4) is 0 Å². The van der Waals surface area contributed by atoms with Crippen molar-refractivity contribution in [3.63, 3.8) is 0 Å². The molecule has 1 aromatic rings. The first-order chi connectivity index (χ1) is 27.2. The molecule has 3 unspecified atom stereocenters. The Bertz CT molecular complexity index is 1190. The van der Waals surface area contributed by atoms with Crippen LogP contribution in [0.2, 0.25) is 0 Å². The molecule has 1 aromatic heterocycles. The van der Waals surface area contributed by atoms with Crippen molar-refractivity contribution < 1.29 is 42.9 Å². The second-order valence-electron chi connectivity index (χ2n) is 15.0. The van der Waals surface area contributed by atoms with Crippen LogP contribution in [0.3, 0.4) is 0 Å². The van der Waals surface area contributed by atoms with Gasteiger partial charge < -0.3 is 43.6 Å². The largest absolute Gasteiger partial charge is 0.463 e. The molecule has 0 aliphatic carbocycles. The van der Waals surface area contributed by atoms with E-state index in [2.05, 4.69) is 39.4 Å². The first-order valence-electron chi connectivity index (χ1n) is 21.4. The topological polar surface area (TPSA) is 164 Å². The number of aldehydes is 1. The minimum absolute atomic E-state index is 0.102. The molecule has 0 spiro atoms. The van der Waals surface area contributed by atoms with E-state index < -0.39 is 6.29 Å². The molecule has 3 atom stereocenters. The molecule has 15 nitrogen and oxygen atoms in total. The van der Waals surface area contributed by atoms with Crippen LogP contribution in [0.15, 0.2) is 6.20 Å². The van der Waals surface area contributed by atoms with Gasteiger partial charge in [0.25, 0.3) is 0 Å². The summed E-state index contributed by atoms with van der Waals surface area (Å²) in [7, 11) is 2.11. The molecule has 322 valence electrons. The summed E-state index contributed by atoms with van der Waals surface area (Å²) in [6, 6.07) is 0. The number of unbranched alkanes of at least 4 members (excludes halogenated alkanes) is 9. The summed E-state index contributed by atoms with van der Waals surface area (Å²) in [5.74, 6) is -1.02. The maximum absolute atomic E-state index is 12.5. The van der Waals surface area contributed by atoms with Gasteiger partial charge in [-0.1, -0.05) is 69.9 Å².